The fourth-order valence-corrected chi connectivity index (χ4v) is 5.47. The van der Waals surface area contributed by atoms with E-state index in [-0.39, 0.29) is 25.1 Å². The minimum atomic E-state index is -3.43. The van der Waals surface area contributed by atoms with Gasteiger partial charge in [-0.3, -0.25) is 0 Å². The van der Waals surface area contributed by atoms with Crippen LogP contribution < -0.4 is 22.9 Å². The van der Waals surface area contributed by atoms with Crippen molar-refractivity contribution >= 4 is 42.4 Å². The van der Waals surface area contributed by atoms with Crippen LogP contribution in [0, 0.1) is 61.3 Å². The molecule has 0 aromatic heterocycles. The van der Waals surface area contributed by atoms with E-state index < -0.39 is 40.0 Å². The van der Waals surface area contributed by atoms with Gasteiger partial charge in [0.15, 0.2) is 0 Å². The van der Waals surface area contributed by atoms with Crippen LogP contribution in [-0.4, -0.2) is 42.7 Å². The molecule has 0 aliphatic rings. The molecule has 0 unspecified atom stereocenters. The summed E-state index contributed by atoms with van der Waals surface area (Å²) in [5, 5.41) is 59.0. The maximum Gasteiger partial charge on any atom is 0.206 e. The first-order valence-corrected chi connectivity index (χ1v) is 15.3. The molecule has 0 heterocycles. The maximum absolute atomic E-state index is 12.2. The normalized spacial score (nSPS) is 9.49. The predicted octanol–water partition coefficient (Wildman–Crippen LogP) is -1.25. The Morgan fingerprint density at radius 3 is 0.529 bits per heavy atom. The lowest BCUT2D eigenvalue weighted by Gasteiger charge is -2.03. The molecule has 0 fully saturated rings. The largest absolute Gasteiger partial charge is 0.412 e. The van der Waals surface area contributed by atoms with Crippen LogP contribution >= 0.6 is 0 Å². The smallest absolute Gasteiger partial charge is 0.206 e. The van der Waals surface area contributed by atoms with E-state index in [0.29, 0.717) is 0 Å². The molecule has 51 heavy (non-hydrogen) atoms. The third-order valence-corrected chi connectivity index (χ3v) is 8.51. The number of sulfone groups is 2. The zero-order valence-corrected chi connectivity index (χ0v) is 27.3. The Balaban J connectivity index is -0.000000631. The highest BCUT2D eigenvalue weighted by molar-refractivity contribution is 7.91. The summed E-state index contributed by atoms with van der Waals surface area (Å²) >= 11 is 0. The molecule has 27 heteroatoms. The average Bonchev–Trinajstić information content (AvgIpc) is 2.97. The molecule has 0 amide bonds. The van der Waals surface area contributed by atoms with Crippen LogP contribution in [0.15, 0.2) is 117 Å². The number of nitrogens with zero attached hydrogens (tertiary/aromatic N) is 4. The van der Waals surface area contributed by atoms with Gasteiger partial charge in [-0.05, 0) is 48.5 Å². The van der Waals surface area contributed by atoms with Crippen molar-refractivity contribution in [1.82, 2.24) is 0 Å². The molecule has 25 nitrogen and oxygen atoms in total. The van der Waals surface area contributed by atoms with Crippen molar-refractivity contribution in [2.75, 3.05) is 0 Å². The van der Waals surface area contributed by atoms with E-state index in [1.54, 1.807) is 97.1 Å². The fraction of sp³-hybridized carbons (Fsp3) is 0. The highest BCUT2D eigenvalue weighted by Gasteiger charge is 2.18. The van der Waals surface area contributed by atoms with Crippen molar-refractivity contribution in [2.24, 2.45) is 0 Å². The van der Waals surface area contributed by atoms with Gasteiger partial charge in [-0.15, -0.1) is 0 Å². The van der Waals surface area contributed by atoms with E-state index in [1.807, 2.05) is 0 Å². The summed E-state index contributed by atoms with van der Waals surface area (Å²) < 4.78 is 48.9. The van der Waals surface area contributed by atoms with Crippen molar-refractivity contribution in [3.05, 3.63) is 158 Å². The number of quaternary nitrogens is 4. The van der Waals surface area contributed by atoms with Crippen LogP contribution in [0.25, 0.3) is 0 Å². The van der Waals surface area contributed by atoms with Crippen molar-refractivity contribution < 1.29 is 65.6 Å². The van der Waals surface area contributed by atoms with Gasteiger partial charge in [0.1, 0.15) is 22.7 Å². The molecular weight excluding hydrogens is 736 g/mol. The van der Waals surface area contributed by atoms with Gasteiger partial charge in [-0.2, -0.15) is 0 Å². The molecular formula is C24H30N8O17S2. The molecule has 0 radical (unpaired) electrons. The topological polar surface area (TPSA) is 475 Å². The van der Waals surface area contributed by atoms with Gasteiger partial charge in [-0.1, -0.05) is 0 Å². The lowest BCUT2D eigenvalue weighted by molar-refractivity contribution is -0.403. The number of benzene rings is 4. The van der Waals surface area contributed by atoms with Gasteiger partial charge in [0.05, 0.1) is 39.9 Å². The van der Waals surface area contributed by atoms with Crippen molar-refractivity contribution in [2.45, 2.75) is 19.6 Å². The van der Waals surface area contributed by atoms with Crippen molar-refractivity contribution in [3.63, 3.8) is 0 Å². The Bertz CT molecular complexity index is 1610. The lowest BCUT2D eigenvalue weighted by atomic mass is 10.3. The summed E-state index contributed by atoms with van der Waals surface area (Å²) in [6.45, 7) is 0. The molecule has 4 rings (SSSR count). The zero-order chi connectivity index (χ0) is 39.2. The summed E-state index contributed by atoms with van der Waals surface area (Å²) in [7, 11) is -6.86. The standard InChI is InChI=1S/2C12H12N2O2S.4NO3.H2O/c2*13-9-1-5-11(6-2-9)17(15,16)12-7-3-10(14)4-8-12;4*2-1(3)4;/h2*1-8H,13-14H2;;;;;1H2/q;;4*-1;/p+4. The minimum Gasteiger partial charge on any atom is -0.412 e. The summed E-state index contributed by atoms with van der Waals surface area (Å²) in [5.41, 5.74) is 18.1. The molecule has 0 saturated heterocycles. The summed E-state index contributed by atoms with van der Waals surface area (Å²) in [6.07, 6.45) is 0. The Morgan fingerprint density at radius 2 is 0.431 bits per heavy atom. The molecule has 4 aromatic carbocycles. The molecule has 0 bridgehead atoms. The van der Waals surface area contributed by atoms with Crippen LogP contribution in [0.4, 0.5) is 22.7 Å². The monoisotopic (exact) mass is 766 g/mol. The minimum absolute atomic E-state index is 0. The predicted molar refractivity (Wildman–Crippen MR) is 172 cm³/mol. The molecule has 0 spiro atoms. The van der Waals surface area contributed by atoms with Crippen LogP contribution in [0.3, 0.4) is 0 Å². The molecule has 14 N–H and O–H groups in total. The van der Waals surface area contributed by atoms with E-state index in [9.17, 15) is 16.8 Å². The summed E-state index contributed by atoms with van der Waals surface area (Å²) in [4.78, 5) is 34.1. The van der Waals surface area contributed by atoms with E-state index in [2.05, 4.69) is 22.9 Å². The van der Waals surface area contributed by atoms with E-state index >= 15 is 0 Å². The van der Waals surface area contributed by atoms with Crippen LogP contribution in [0.1, 0.15) is 0 Å². The Kier molecular flexibility index (Phi) is 22.6. The highest BCUT2D eigenvalue weighted by atomic mass is 32.2. The zero-order valence-electron chi connectivity index (χ0n) is 25.7. The van der Waals surface area contributed by atoms with Gasteiger partial charge >= 0.3 is 0 Å². The number of hydrogen-bond acceptors (Lipinski definition) is 16. The van der Waals surface area contributed by atoms with Gasteiger partial charge in [0, 0.05) is 48.5 Å². The van der Waals surface area contributed by atoms with Gasteiger partial charge in [0.25, 0.3) is 0 Å². The third kappa shape index (κ3) is 22.6. The molecule has 0 aliphatic heterocycles. The molecule has 280 valence electrons. The van der Waals surface area contributed by atoms with Crippen LogP contribution in [0.5, 0.6) is 0 Å². The van der Waals surface area contributed by atoms with Gasteiger partial charge in [0.2, 0.25) is 19.7 Å². The lowest BCUT2D eigenvalue weighted by Crippen LogP contribution is -2.40. The number of hydrogen-bond donors (Lipinski definition) is 4. The van der Waals surface area contributed by atoms with E-state index in [4.69, 9.17) is 61.3 Å². The van der Waals surface area contributed by atoms with E-state index in [0.717, 1.165) is 22.7 Å². The third-order valence-electron chi connectivity index (χ3n) is 4.93. The quantitative estimate of drug-likeness (QED) is 0.139. The molecule has 0 atom stereocenters. The SMILES string of the molecule is O.O=[N+]([O-])[O-].O=[N+]([O-])[O-].O=[N+]([O-])[O-].O=[N+]([O-])[O-].[NH3+]c1ccc(S(=O)(=O)c2ccc([NH3+])cc2)cc1.[NH3+]c1ccc(S(=O)(=O)c2ccc([NH3+])cc2)cc1. The van der Waals surface area contributed by atoms with Crippen molar-refractivity contribution in [3.8, 4) is 0 Å². The second-order valence-corrected chi connectivity index (χ2v) is 12.4. The first-order chi connectivity index (χ1) is 22.9. The second kappa shape index (κ2) is 23.7. The molecule has 0 aliphatic carbocycles. The van der Waals surface area contributed by atoms with Crippen LogP contribution in [0.2, 0.25) is 0 Å². The Hall–Kier alpha value is -6.62. The highest BCUT2D eigenvalue weighted by Crippen LogP contribution is 2.23. The van der Waals surface area contributed by atoms with Crippen molar-refractivity contribution in [1.29, 1.82) is 0 Å². The maximum atomic E-state index is 12.2. The Labute approximate surface area is 285 Å². The second-order valence-electron chi connectivity index (χ2n) is 8.48. The first kappa shape index (κ1) is 48.8. The molecule has 4 aromatic rings. The fourth-order valence-electron chi connectivity index (χ4n) is 2.95. The van der Waals surface area contributed by atoms with E-state index in [1.165, 1.54) is 0 Å². The summed E-state index contributed by atoms with van der Waals surface area (Å²) in [6, 6.07) is 26.0. The molecule has 0 saturated carbocycles. The van der Waals surface area contributed by atoms with Gasteiger partial charge < -0.3 is 89.7 Å². The number of rotatable bonds is 4. The Morgan fingerprint density at radius 1 is 0.333 bits per heavy atom. The van der Waals surface area contributed by atoms with Gasteiger partial charge in [-0.25, -0.2) is 16.8 Å². The van der Waals surface area contributed by atoms with Crippen LogP contribution in [-0.2, 0) is 19.7 Å². The summed E-state index contributed by atoms with van der Waals surface area (Å²) in [5.74, 6) is 0. The first-order valence-electron chi connectivity index (χ1n) is 12.4. The average molecular weight is 767 g/mol.